The maximum absolute atomic E-state index is 11.9. The summed E-state index contributed by atoms with van der Waals surface area (Å²) in [5, 5.41) is 5.12. The monoisotopic (exact) mass is 301 g/mol. The molecule has 0 aromatic heterocycles. The van der Waals surface area contributed by atoms with E-state index in [1.54, 1.807) is 27.7 Å². The molecule has 0 atom stereocenters. The van der Waals surface area contributed by atoms with Crippen LogP contribution in [0.3, 0.4) is 0 Å². The van der Waals surface area contributed by atoms with Crippen molar-refractivity contribution in [3.8, 4) is 5.75 Å². The van der Waals surface area contributed by atoms with Crippen molar-refractivity contribution in [1.82, 2.24) is 0 Å². The third kappa shape index (κ3) is 4.50. The van der Waals surface area contributed by atoms with Crippen molar-refractivity contribution in [2.24, 2.45) is 5.14 Å². The van der Waals surface area contributed by atoms with Gasteiger partial charge in [0.2, 0.25) is 10.0 Å². The van der Waals surface area contributed by atoms with Crippen molar-refractivity contribution in [1.29, 1.82) is 0 Å². The van der Waals surface area contributed by atoms with Gasteiger partial charge in [0.15, 0.2) is 0 Å². The Kier molecular flexibility index (Phi) is 4.77. The van der Waals surface area contributed by atoms with Gasteiger partial charge in [0.05, 0.1) is 12.2 Å². The molecule has 1 aromatic rings. The number of carbonyl (C=O) groups excluding carboxylic acids is 1. The van der Waals surface area contributed by atoms with E-state index in [4.69, 9.17) is 14.6 Å². The predicted octanol–water partition coefficient (Wildman–Crippen LogP) is 1.69. The van der Waals surface area contributed by atoms with Crippen LogP contribution in [0.4, 0.5) is 0 Å². The van der Waals surface area contributed by atoms with Crippen LogP contribution < -0.4 is 9.88 Å². The molecule has 0 unspecified atom stereocenters. The first-order chi connectivity index (χ1) is 9.04. The Morgan fingerprint density at radius 3 is 2.35 bits per heavy atom. The molecule has 0 spiro atoms. The Morgan fingerprint density at radius 1 is 1.30 bits per heavy atom. The first-order valence-electron chi connectivity index (χ1n) is 6.07. The van der Waals surface area contributed by atoms with Crippen molar-refractivity contribution in [3.05, 3.63) is 23.8 Å². The maximum Gasteiger partial charge on any atom is 0.338 e. The zero-order valence-electron chi connectivity index (χ0n) is 12.0. The third-order valence-corrected chi connectivity index (χ3v) is 3.12. The molecule has 112 valence electrons. The summed E-state index contributed by atoms with van der Waals surface area (Å²) in [6, 6.07) is 3.99. The second-order valence-electron chi connectivity index (χ2n) is 5.14. The molecule has 0 aliphatic rings. The summed E-state index contributed by atoms with van der Waals surface area (Å²) in [6.45, 7) is 7.17. The first-order valence-corrected chi connectivity index (χ1v) is 7.62. The summed E-state index contributed by atoms with van der Waals surface area (Å²) in [7, 11) is -3.99. The van der Waals surface area contributed by atoms with Gasteiger partial charge in [-0.1, -0.05) is 0 Å². The average molecular weight is 301 g/mol. The van der Waals surface area contributed by atoms with Crippen molar-refractivity contribution >= 4 is 16.0 Å². The summed E-state index contributed by atoms with van der Waals surface area (Å²) in [4.78, 5) is 11.7. The SMILES string of the molecule is CCOc1ccc(C(=O)OC(C)(C)C)cc1S(N)(=O)=O. The molecule has 6 nitrogen and oxygen atoms in total. The Hall–Kier alpha value is -1.60. The van der Waals surface area contributed by atoms with Crippen molar-refractivity contribution in [2.75, 3.05) is 6.61 Å². The molecule has 0 saturated carbocycles. The first kappa shape index (κ1) is 16.5. The van der Waals surface area contributed by atoms with Gasteiger partial charge in [-0.2, -0.15) is 0 Å². The van der Waals surface area contributed by atoms with Crippen LogP contribution in [0.5, 0.6) is 5.75 Å². The average Bonchev–Trinajstić information content (AvgIpc) is 2.26. The molecule has 1 aromatic carbocycles. The van der Waals surface area contributed by atoms with Crippen LogP contribution in [0, 0.1) is 0 Å². The highest BCUT2D eigenvalue weighted by Gasteiger charge is 2.22. The summed E-state index contributed by atoms with van der Waals surface area (Å²) in [6.07, 6.45) is 0. The number of carbonyl (C=O) groups is 1. The zero-order chi connectivity index (χ0) is 15.6. The second-order valence-corrected chi connectivity index (χ2v) is 6.67. The van der Waals surface area contributed by atoms with E-state index >= 15 is 0 Å². The van der Waals surface area contributed by atoms with Gasteiger partial charge in [-0.15, -0.1) is 0 Å². The van der Waals surface area contributed by atoms with Crippen molar-refractivity contribution in [3.63, 3.8) is 0 Å². The highest BCUT2D eigenvalue weighted by atomic mass is 32.2. The lowest BCUT2D eigenvalue weighted by atomic mass is 10.1. The van der Waals surface area contributed by atoms with Crippen LogP contribution in [-0.4, -0.2) is 26.6 Å². The minimum atomic E-state index is -3.99. The number of benzene rings is 1. The van der Waals surface area contributed by atoms with Crippen LogP contribution in [0.1, 0.15) is 38.1 Å². The molecule has 0 bridgehead atoms. The van der Waals surface area contributed by atoms with Crippen LogP contribution in [0.15, 0.2) is 23.1 Å². The van der Waals surface area contributed by atoms with Gasteiger partial charge in [0.25, 0.3) is 0 Å². The van der Waals surface area contributed by atoms with E-state index < -0.39 is 21.6 Å². The molecule has 7 heteroatoms. The molecule has 0 radical (unpaired) electrons. The summed E-state index contributed by atoms with van der Waals surface area (Å²) >= 11 is 0. The number of primary sulfonamides is 1. The highest BCUT2D eigenvalue weighted by molar-refractivity contribution is 7.89. The minimum absolute atomic E-state index is 0.104. The Bertz CT molecular complexity index is 602. The zero-order valence-corrected chi connectivity index (χ0v) is 12.8. The van der Waals surface area contributed by atoms with Gasteiger partial charge in [-0.05, 0) is 45.9 Å². The predicted molar refractivity (Wildman–Crippen MR) is 74.2 cm³/mol. The Morgan fingerprint density at radius 2 is 1.90 bits per heavy atom. The molecule has 0 amide bonds. The summed E-state index contributed by atoms with van der Waals surface area (Å²) in [5.41, 5.74) is -0.565. The van der Waals surface area contributed by atoms with Crippen molar-refractivity contribution < 1.29 is 22.7 Å². The lowest BCUT2D eigenvalue weighted by Crippen LogP contribution is -2.24. The Balaban J connectivity index is 3.23. The number of hydrogen-bond donors (Lipinski definition) is 1. The van der Waals surface area contributed by atoms with E-state index in [1.165, 1.54) is 12.1 Å². The quantitative estimate of drug-likeness (QED) is 0.854. The molecular weight excluding hydrogens is 282 g/mol. The molecule has 0 aliphatic carbocycles. The number of esters is 1. The van der Waals surface area contributed by atoms with Gasteiger partial charge in [0, 0.05) is 0 Å². The smallest absolute Gasteiger partial charge is 0.338 e. The van der Waals surface area contributed by atoms with E-state index in [0.717, 1.165) is 6.07 Å². The lowest BCUT2D eigenvalue weighted by molar-refractivity contribution is 0.00692. The molecule has 0 heterocycles. The van der Waals surface area contributed by atoms with E-state index in [0.29, 0.717) is 0 Å². The fraction of sp³-hybridized carbons (Fsp3) is 0.462. The van der Waals surface area contributed by atoms with Crippen molar-refractivity contribution in [2.45, 2.75) is 38.2 Å². The molecule has 2 N–H and O–H groups in total. The molecular formula is C13H19NO5S. The van der Waals surface area contributed by atoms with Gasteiger partial charge in [-0.25, -0.2) is 18.4 Å². The van der Waals surface area contributed by atoms with Gasteiger partial charge in [-0.3, -0.25) is 0 Å². The van der Waals surface area contributed by atoms with Crippen LogP contribution >= 0.6 is 0 Å². The number of hydrogen-bond acceptors (Lipinski definition) is 5. The van der Waals surface area contributed by atoms with Crippen LogP contribution in [-0.2, 0) is 14.8 Å². The second kappa shape index (κ2) is 5.80. The standard InChI is InChI=1S/C13H19NO5S/c1-5-18-10-7-6-9(8-11(10)20(14,16)17)12(15)19-13(2,3)4/h6-8H,5H2,1-4H3,(H2,14,16,17). The molecule has 0 fully saturated rings. The number of sulfonamides is 1. The van der Waals surface area contributed by atoms with Gasteiger partial charge >= 0.3 is 5.97 Å². The lowest BCUT2D eigenvalue weighted by Gasteiger charge is -2.19. The topological polar surface area (TPSA) is 95.7 Å². The fourth-order valence-electron chi connectivity index (χ4n) is 1.47. The van der Waals surface area contributed by atoms with E-state index in [-0.39, 0.29) is 22.8 Å². The normalized spacial score (nSPS) is 12.1. The number of ether oxygens (including phenoxy) is 2. The van der Waals surface area contributed by atoms with Gasteiger partial charge in [0.1, 0.15) is 16.2 Å². The molecule has 1 rings (SSSR count). The van der Waals surface area contributed by atoms with Gasteiger partial charge < -0.3 is 9.47 Å². The van der Waals surface area contributed by atoms with E-state index in [2.05, 4.69) is 0 Å². The molecule has 20 heavy (non-hydrogen) atoms. The number of rotatable bonds is 4. The van der Waals surface area contributed by atoms with E-state index in [9.17, 15) is 13.2 Å². The molecule has 0 saturated heterocycles. The summed E-state index contributed by atoms with van der Waals surface area (Å²) in [5.74, 6) is -0.507. The summed E-state index contributed by atoms with van der Waals surface area (Å²) < 4.78 is 33.4. The number of nitrogens with two attached hydrogens (primary N) is 1. The highest BCUT2D eigenvalue weighted by Crippen LogP contribution is 2.25. The minimum Gasteiger partial charge on any atom is -0.492 e. The fourth-order valence-corrected chi connectivity index (χ4v) is 2.17. The van der Waals surface area contributed by atoms with Crippen LogP contribution in [0.25, 0.3) is 0 Å². The third-order valence-electron chi connectivity index (χ3n) is 2.18. The van der Waals surface area contributed by atoms with Crippen LogP contribution in [0.2, 0.25) is 0 Å². The Labute approximate surface area is 118 Å². The molecule has 0 aliphatic heterocycles. The van der Waals surface area contributed by atoms with E-state index in [1.807, 2.05) is 0 Å². The maximum atomic E-state index is 11.9. The largest absolute Gasteiger partial charge is 0.492 e.